The van der Waals surface area contributed by atoms with Crippen LogP contribution in [0.25, 0.3) is 0 Å². The number of aliphatic carboxylic acids is 1. The first-order valence-electron chi connectivity index (χ1n) is 8.09. The van der Waals surface area contributed by atoms with Gasteiger partial charge in [0.05, 0.1) is 31.2 Å². The number of rotatable bonds is 4. The number of carbonyl (C=O) groups excluding carboxylic acids is 2. The summed E-state index contributed by atoms with van der Waals surface area (Å²) in [6, 6.07) is 4.22. The molecule has 0 bridgehead atoms. The zero-order chi connectivity index (χ0) is 18.1. The van der Waals surface area contributed by atoms with Crippen molar-refractivity contribution in [1.29, 1.82) is 0 Å². The maximum atomic E-state index is 12.9. The highest BCUT2D eigenvalue weighted by atomic mass is 35.5. The number of hydrogen-bond acceptors (Lipinski definition) is 5. The van der Waals surface area contributed by atoms with Gasteiger partial charge in [0.2, 0.25) is 5.91 Å². The third-order valence-electron chi connectivity index (χ3n) is 4.82. The van der Waals surface area contributed by atoms with Crippen molar-refractivity contribution in [3.63, 3.8) is 0 Å². The van der Waals surface area contributed by atoms with Crippen LogP contribution in [0.15, 0.2) is 18.2 Å². The van der Waals surface area contributed by atoms with E-state index < -0.39 is 12.0 Å². The number of likely N-dealkylation sites (tertiary alicyclic amines) is 1. The number of carboxylic acids is 1. The van der Waals surface area contributed by atoms with Crippen molar-refractivity contribution in [2.24, 2.45) is 5.92 Å². The fourth-order valence-corrected chi connectivity index (χ4v) is 3.62. The number of hydrogen-bond donors (Lipinski definition) is 1. The molecule has 7 nitrogen and oxygen atoms in total. The highest BCUT2D eigenvalue weighted by molar-refractivity contribution is 6.31. The SMILES string of the molecule is COc1ccc(Cl)cc1N1C(=O)CC(N2CCC(C(=O)O)CC2)C1=O. The van der Waals surface area contributed by atoms with Crippen LogP contribution < -0.4 is 9.64 Å². The smallest absolute Gasteiger partial charge is 0.306 e. The summed E-state index contributed by atoms with van der Waals surface area (Å²) in [5.41, 5.74) is 0.341. The molecule has 25 heavy (non-hydrogen) atoms. The Bertz CT molecular complexity index is 715. The molecule has 1 atom stereocenters. The number of anilines is 1. The van der Waals surface area contributed by atoms with Gasteiger partial charge in [-0.3, -0.25) is 19.3 Å². The average molecular weight is 367 g/mol. The molecule has 3 rings (SSSR count). The quantitative estimate of drug-likeness (QED) is 0.817. The second-order valence-corrected chi connectivity index (χ2v) is 6.69. The number of carbonyl (C=O) groups is 3. The number of carboxylic acid groups (broad SMARTS) is 1. The van der Waals surface area contributed by atoms with E-state index in [9.17, 15) is 14.4 Å². The van der Waals surface area contributed by atoms with Crippen molar-refractivity contribution in [3.05, 3.63) is 23.2 Å². The van der Waals surface area contributed by atoms with Gasteiger partial charge < -0.3 is 9.84 Å². The summed E-state index contributed by atoms with van der Waals surface area (Å²) in [5.74, 6) is -1.42. The van der Waals surface area contributed by atoms with Gasteiger partial charge in [0.25, 0.3) is 5.91 Å². The first-order valence-corrected chi connectivity index (χ1v) is 8.47. The van der Waals surface area contributed by atoms with Gasteiger partial charge in [-0.1, -0.05) is 11.6 Å². The minimum atomic E-state index is -0.807. The normalized spacial score (nSPS) is 22.5. The third kappa shape index (κ3) is 3.34. The van der Waals surface area contributed by atoms with Crippen molar-refractivity contribution < 1.29 is 24.2 Å². The Morgan fingerprint density at radius 1 is 1.28 bits per heavy atom. The lowest BCUT2D eigenvalue weighted by atomic mass is 9.96. The topological polar surface area (TPSA) is 87.2 Å². The summed E-state index contributed by atoms with van der Waals surface area (Å²) in [6.07, 6.45) is 1.04. The number of piperidine rings is 1. The van der Waals surface area contributed by atoms with E-state index in [-0.39, 0.29) is 24.2 Å². The molecular weight excluding hydrogens is 348 g/mol. The zero-order valence-corrected chi connectivity index (χ0v) is 14.5. The second-order valence-electron chi connectivity index (χ2n) is 6.25. The number of benzene rings is 1. The molecule has 1 aromatic carbocycles. The van der Waals surface area contributed by atoms with Gasteiger partial charge in [0.1, 0.15) is 5.75 Å². The summed E-state index contributed by atoms with van der Waals surface area (Å²) >= 11 is 6.01. The molecule has 0 radical (unpaired) electrons. The third-order valence-corrected chi connectivity index (χ3v) is 5.06. The van der Waals surface area contributed by atoms with Crippen LogP contribution in [0.4, 0.5) is 5.69 Å². The van der Waals surface area contributed by atoms with Gasteiger partial charge in [0, 0.05) is 5.02 Å². The fourth-order valence-electron chi connectivity index (χ4n) is 3.45. The van der Waals surface area contributed by atoms with E-state index in [0.29, 0.717) is 42.4 Å². The van der Waals surface area contributed by atoms with Crippen LogP contribution in [0.3, 0.4) is 0 Å². The Balaban J connectivity index is 1.80. The number of imide groups is 1. The van der Waals surface area contributed by atoms with Crippen molar-refractivity contribution in [2.45, 2.75) is 25.3 Å². The molecule has 1 N–H and O–H groups in total. The van der Waals surface area contributed by atoms with Crippen LogP contribution in [-0.4, -0.2) is 54.0 Å². The number of amides is 2. The molecule has 0 saturated carbocycles. The minimum Gasteiger partial charge on any atom is -0.495 e. The summed E-state index contributed by atoms with van der Waals surface area (Å²) < 4.78 is 5.25. The van der Waals surface area contributed by atoms with Crippen molar-refractivity contribution in [3.8, 4) is 5.75 Å². The summed E-state index contributed by atoms with van der Waals surface area (Å²) in [5, 5.41) is 9.49. The lowest BCUT2D eigenvalue weighted by Crippen LogP contribution is -2.46. The van der Waals surface area contributed by atoms with Gasteiger partial charge in [-0.2, -0.15) is 0 Å². The first kappa shape index (κ1) is 17.7. The molecule has 2 amide bonds. The van der Waals surface area contributed by atoms with E-state index in [1.165, 1.54) is 13.2 Å². The molecule has 0 aromatic heterocycles. The average Bonchev–Trinajstić information content (AvgIpc) is 2.89. The van der Waals surface area contributed by atoms with Crippen LogP contribution in [0.5, 0.6) is 5.75 Å². The zero-order valence-electron chi connectivity index (χ0n) is 13.8. The van der Waals surface area contributed by atoms with E-state index in [2.05, 4.69) is 0 Å². The van der Waals surface area contributed by atoms with Crippen molar-refractivity contribution in [2.75, 3.05) is 25.1 Å². The lowest BCUT2D eigenvalue weighted by molar-refractivity contribution is -0.143. The highest BCUT2D eigenvalue weighted by Gasteiger charge is 2.44. The number of halogens is 1. The number of methoxy groups -OCH3 is 1. The molecule has 2 heterocycles. The van der Waals surface area contributed by atoms with Crippen LogP contribution >= 0.6 is 11.6 Å². The van der Waals surface area contributed by atoms with Crippen molar-refractivity contribution >= 4 is 35.1 Å². The monoisotopic (exact) mass is 366 g/mol. The van der Waals surface area contributed by atoms with Gasteiger partial charge in [-0.15, -0.1) is 0 Å². The Morgan fingerprint density at radius 2 is 1.96 bits per heavy atom. The van der Waals surface area contributed by atoms with E-state index in [1.54, 1.807) is 12.1 Å². The molecule has 0 spiro atoms. The maximum Gasteiger partial charge on any atom is 0.306 e. The van der Waals surface area contributed by atoms with E-state index in [4.69, 9.17) is 21.4 Å². The molecular formula is C17H19ClN2O5. The second kappa shape index (κ2) is 7.01. The van der Waals surface area contributed by atoms with E-state index in [0.717, 1.165) is 4.90 Å². The van der Waals surface area contributed by atoms with Gasteiger partial charge in [-0.25, -0.2) is 4.90 Å². The van der Waals surface area contributed by atoms with E-state index >= 15 is 0 Å². The summed E-state index contributed by atoms with van der Waals surface area (Å²) in [7, 11) is 1.46. The summed E-state index contributed by atoms with van der Waals surface area (Å²) in [6.45, 7) is 0.975. The minimum absolute atomic E-state index is 0.0756. The predicted molar refractivity (Wildman–Crippen MR) is 90.8 cm³/mol. The number of nitrogens with zero attached hydrogens (tertiary/aromatic N) is 2. The molecule has 0 aliphatic carbocycles. The van der Waals surface area contributed by atoms with Crippen LogP contribution in [0, 0.1) is 5.92 Å². The summed E-state index contributed by atoms with van der Waals surface area (Å²) in [4.78, 5) is 39.4. The molecule has 2 saturated heterocycles. The Labute approximate surface area is 150 Å². The van der Waals surface area contributed by atoms with Gasteiger partial charge >= 0.3 is 5.97 Å². The van der Waals surface area contributed by atoms with Crippen LogP contribution in [-0.2, 0) is 14.4 Å². The Morgan fingerprint density at radius 3 is 2.56 bits per heavy atom. The van der Waals surface area contributed by atoms with E-state index in [1.807, 2.05) is 4.90 Å². The molecule has 134 valence electrons. The molecule has 1 unspecified atom stereocenters. The standard InChI is InChI=1S/C17H19ClN2O5/c1-25-14-3-2-11(18)8-12(14)20-15(21)9-13(16(20)22)19-6-4-10(5-7-19)17(23)24/h2-3,8,10,13H,4-7,9H2,1H3,(H,23,24). The van der Waals surface area contributed by atoms with Crippen LogP contribution in [0.1, 0.15) is 19.3 Å². The fraction of sp³-hybridized carbons (Fsp3) is 0.471. The number of ether oxygens (including phenoxy) is 1. The molecule has 2 aliphatic heterocycles. The highest BCUT2D eigenvalue weighted by Crippen LogP contribution is 2.36. The molecule has 2 aliphatic rings. The molecule has 2 fully saturated rings. The lowest BCUT2D eigenvalue weighted by Gasteiger charge is -2.33. The largest absolute Gasteiger partial charge is 0.495 e. The Kier molecular flexibility index (Phi) is 4.96. The van der Waals surface area contributed by atoms with Gasteiger partial charge in [-0.05, 0) is 44.1 Å². The predicted octanol–water partition coefficient (Wildman–Crippen LogP) is 1.78. The Hall–Kier alpha value is -2.12. The molecule has 1 aromatic rings. The first-order chi connectivity index (χ1) is 11.9. The van der Waals surface area contributed by atoms with Crippen LogP contribution in [0.2, 0.25) is 5.02 Å². The maximum absolute atomic E-state index is 12.9. The molecule has 8 heteroatoms. The van der Waals surface area contributed by atoms with Crippen molar-refractivity contribution in [1.82, 2.24) is 4.90 Å². The van der Waals surface area contributed by atoms with Gasteiger partial charge in [0.15, 0.2) is 0 Å².